The molecule has 7 nitrogen and oxygen atoms in total. The third-order valence-electron chi connectivity index (χ3n) is 3.65. The van der Waals surface area contributed by atoms with Crippen LogP contribution >= 0.6 is 0 Å². The molecule has 3 N–H and O–H groups in total. The third-order valence-corrected chi connectivity index (χ3v) is 3.65. The van der Waals surface area contributed by atoms with Gasteiger partial charge in [-0.2, -0.15) is 0 Å². The minimum Gasteiger partial charge on any atom is -0.495 e. The molecule has 0 aliphatic heterocycles. The van der Waals surface area contributed by atoms with Crippen molar-refractivity contribution >= 4 is 23.3 Å². The largest absolute Gasteiger partial charge is 0.495 e. The summed E-state index contributed by atoms with van der Waals surface area (Å²) >= 11 is 0. The van der Waals surface area contributed by atoms with E-state index >= 15 is 0 Å². The Morgan fingerprint density at radius 1 is 1.08 bits per heavy atom. The van der Waals surface area contributed by atoms with Crippen LogP contribution in [0.15, 0.2) is 42.6 Å². The van der Waals surface area contributed by atoms with Crippen molar-refractivity contribution in [2.24, 2.45) is 5.92 Å². The second kappa shape index (κ2) is 9.41. The molecule has 1 aromatic heterocycles. The Kier molecular flexibility index (Phi) is 6.96. The Morgan fingerprint density at radius 2 is 1.81 bits per heavy atom. The van der Waals surface area contributed by atoms with Crippen LogP contribution in [0.1, 0.15) is 24.2 Å². The normalized spacial score (nSPS) is 10.3. The van der Waals surface area contributed by atoms with E-state index in [0.717, 1.165) is 0 Å². The maximum absolute atomic E-state index is 12.5. The lowest BCUT2D eigenvalue weighted by Crippen LogP contribution is -2.36. The summed E-state index contributed by atoms with van der Waals surface area (Å²) in [6.07, 6.45) is 1.61. The Bertz CT molecular complexity index is 762. The molecule has 1 aromatic carbocycles. The summed E-state index contributed by atoms with van der Waals surface area (Å²) in [4.78, 5) is 28.2. The van der Waals surface area contributed by atoms with Crippen molar-refractivity contribution < 1.29 is 14.3 Å². The summed E-state index contributed by atoms with van der Waals surface area (Å²) in [7, 11) is 1.58. The maximum Gasteiger partial charge on any atom is 0.255 e. The van der Waals surface area contributed by atoms with Crippen LogP contribution in [0.2, 0.25) is 0 Å². The van der Waals surface area contributed by atoms with E-state index in [4.69, 9.17) is 4.74 Å². The van der Waals surface area contributed by atoms with E-state index in [1.807, 2.05) is 38.1 Å². The zero-order chi connectivity index (χ0) is 18.9. The molecule has 2 amide bonds. The number of para-hydroxylation sites is 2. The molecule has 2 rings (SSSR count). The number of methoxy groups -OCH3 is 1. The number of rotatable bonds is 8. The quantitative estimate of drug-likeness (QED) is 0.632. The predicted molar refractivity (Wildman–Crippen MR) is 101 cm³/mol. The van der Waals surface area contributed by atoms with Crippen molar-refractivity contribution in [1.82, 2.24) is 15.6 Å². The number of carbonyl (C=O) groups excluding carboxylic acids is 2. The number of amides is 2. The molecule has 26 heavy (non-hydrogen) atoms. The van der Waals surface area contributed by atoms with Crippen molar-refractivity contribution in [1.29, 1.82) is 0 Å². The summed E-state index contributed by atoms with van der Waals surface area (Å²) in [6, 6.07) is 10.8. The maximum atomic E-state index is 12.5. The number of hydrogen-bond acceptors (Lipinski definition) is 5. The van der Waals surface area contributed by atoms with Gasteiger partial charge >= 0.3 is 0 Å². The fraction of sp³-hybridized carbons (Fsp3) is 0.316. The van der Waals surface area contributed by atoms with Gasteiger partial charge in [-0.05, 0) is 24.3 Å². The van der Waals surface area contributed by atoms with Gasteiger partial charge in [0, 0.05) is 25.2 Å². The summed E-state index contributed by atoms with van der Waals surface area (Å²) in [6.45, 7) is 4.34. The lowest BCUT2D eigenvalue weighted by Gasteiger charge is -2.14. The number of benzene rings is 1. The van der Waals surface area contributed by atoms with E-state index in [1.165, 1.54) is 0 Å². The Balaban J connectivity index is 2.01. The SMILES string of the molecule is COc1ccccc1Nc1ncccc1C(=O)NCCNC(=O)C(C)C. The van der Waals surface area contributed by atoms with Gasteiger partial charge in [0.15, 0.2) is 0 Å². The number of nitrogens with one attached hydrogen (secondary N) is 3. The van der Waals surface area contributed by atoms with Crippen molar-refractivity contribution in [2.45, 2.75) is 13.8 Å². The molecule has 0 atom stereocenters. The van der Waals surface area contributed by atoms with Crippen molar-refractivity contribution in [3.05, 3.63) is 48.2 Å². The number of anilines is 2. The van der Waals surface area contributed by atoms with E-state index in [2.05, 4.69) is 20.9 Å². The molecular formula is C19H24N4O3. The number of hydrogen-bond donors (Lipinski definition) is 3. The molecule has 138 valence electrons. The molecule has 0 unspecified atom stereocenters. The van der Waals surface area contributed by atoms with Gasteiger partial charge in [0.25, 0.3) is 5.91 Å². The summed E-state index contributed by atoms with van der Waals surface area (Å²) in [5.74, 6) is 0.691. The molecule has 0 aliphatic rings. The standard InChI is InChI=1S/C19H24N4O3/c1-13(2)18(24)21-11-12-22-19(25)14-7-6-10-20-17(14)23-15-8-4-5-9-16(15)26-3/h4-10,13H,11-12H2,1-3H3,(H,20,23)(H,21,24)(H,22,25). The highest BCUT2D eigenvalue weighted by Crippen LogP contribution is 2.27. The molecule has 0 fully saturated rings. The van der Waals surface area contributed by atoms with Gasteiger partial charge < -0.3 is 20.7 Å². The first kappa shape index (κ1) is 19.2. The average molecular weight is 356 g/mol. The van der Waals surface area contributed by atoms with Gasteiger partial charge in [-0.25, -0.2) is 4.98 Å². The second-order valence-electron chi connectivity index (χ2n) is 5.93. The fourth-order valence-corrected chi connectivity index (χ4v) is 2.22. The molecule has 2 aromatic rings. The molecule has 0 saturated heterocycles. The first-order valence-corrected chi connectivity index (χ1v) is 8.44. The van der Waals surface area contributed by atoms with Crippen LogP contribution in [0.4, 0.5) is 11.5 Å². The smallest absolute Gasteiger partial charge is 0.255 e. The molecule has 0 saturated carbocycles. The number of nitrogens with zero attached hydrogens (tertiary/aromatic N) is 1. The van der Waals surface area contributed by atoms with Crippen LogP contribution in [0.3, 0.4) is 0 Å². The van der Waals surface area contributed by atoms with Crippen LogP contribution in [0.25, 0.3) is 0 Å². The van der Waals surface area contributed by atoms with Crippen LogP contribution in [0.5, 0.6) is 5.75 Å². The summed E-state index contributed by atoms with van der Waals surface area (Å²) in [5, 5.41) is 8.67. The predicted octanol–water partition coefficient (Wildman–Crippen LogP) is 2.34. The van der Waals surface area contributed by atoms with Crippen molar-refractivity contribution in [3.8, 4) is 5.75 Å². The fourth-order valence-electron chi connectivity index (χ4n) is 2.22. The third kappa shape index (κ3) is 5.20. The lowest BCUT2D eigenvalue weighted by atomic mass is 10.2. The highest BCUT2D eigenvalue weighted by Gasteiger charge is 2.14. The summed E-state index contributed by atoms with van der Waals surface area (Å²) < 4.78 is 5.31. The molecule has 0 bridgehead atoms. The first-order valence-electron chi connectivity index (χ1n) is 8.44. The second-order valence-corrected chi connectivity index (χ2v) is 5.93. The Hall–Kier alpha value is -3.09. The monoisotopic (exact) mass is 356 g/mol. The van der Waals surface area contributed by atoms with Gasteiger partial charge in [0.05, 0.1) is 18.4 Å². The van der Waals surface area contributed by atoms with E-state index in [1.54, 1.807) is 25.4 Å². The zero-order valence-electron chi connectivity index (χ0n) is 15.2. The number of carbonyl (C=O) groups is 2. The minimum atomic E-state index is -0.269. The molecular weight excluding hydrogens is 332 g/mol. The van der Waals surface area contributed by atoms with Gasteiger partial charge in [-0.1, -0.05) is 26.0 Å². The molecule has 0 aliphatic carbocycles. The molecule has 7 heteroatoms. The van der Waals surface area contributed by atoms with Crippen LogP contribution < -0.4 is 20.7 Å². The van der Waals surface area contributed by atoms with Crippen LogP contribution in [-0.4, -0.2) is 37.0 Å². The molecule has 0 radical (unpaired) electrons. The first-order chi connectivity index (χ1) is 12.5. The van der Waals surface area contributed by atoms with Gasteiger partial charge in [-0.15, -0.1) is 0 Å². The Labute approximate surface area is 153 Å². The minimum absolute atomic E-state index is 0.0424. The number of pyridine rings is 1. The summed E-state index contributed by atoms with van der Waals surface area (Å²) in [5.41, 5.74) is 1.13. The topological polar surface area (TPSA) is 92.3 Å². The van der Waals surface area contributed by atoms with E-state index in [9.17, 15) is 9.59 Å². The van der Waals surface area contributed by atoms with Crippen molar-refractivity contribution in [3.63, 3.8) is 0 Å². The molecule has 1 heterocycles. The Morgan fingerprint density at radius 3 is 2.54 bits per heavy atom. The van der Waals surface area contributed by atoms with E-state index in [-0.39, 0.29) is 17.7 Å². The van der Waals surface area contributed by atoms with E-state index in [0.29, 0.717) is 35.9 Å². The van der Waals surface area contributed by atoms with Gasteiger partial charge in [-0.3, -0.25) is 9.59 Å². The van der Waals surface area contributed by atoms with Crippen LogP contribution in [0, 0.1) is 5.92 Å². The highest BCUT2D eigenvalue weighted by molar-refractivity contribution is 5.99. The number of aromatic nitrogens is 1. The van der Waals surface area contributed by atoms with Crippen molar-refractivity contribution in [2.75, 3.05) is 25.5 Å². The number of ether oxygens (including phenoxy) is 1. The lowest BCUT2D eigenvalue weighted by molar-refractivity contribution is -0.123. The van der Waals surface area contributed by atoms with E-state index < -0.39 is 0 Å². The van der Waals surface area contributed by atoms with Crippen LogP contribution in [-0.2, 0) is 4.79 Å². The van der Waals surface area contributed by atoms with Gasteiger partial charge in [0.1, 0.15) is 11.6 Å². The molecule has 0 spiro atoms. The van der Waals surface area contributed by atoms with Gasteiger partial charge in [0.2, 0.25) is 5.91 Å². The zero-order valence-corrected chi connectivity index (χ0v) is 15.2. The average Bonchev–Trinajstić information content (AvgIpc) is 2.65. The highest BCUT2D eigenvalue weighted by atomic mass is 16.5.